The summed E-state index contributed by atoms with van der Waals surface area (Å²) in [5.74, 6) is 0.630. The van der Waals surface area contributed by atoms with Gasteiger partial charge in [0.15, 0.2) is 0 Å². The first-order valence-electron chi connectivity index (χ1n) is 6.26. The molecule has 7 nitrogen and oxygen atoms in total. The minimum atomic E-state index is -0.631. The molecule has 0 saturated carbocycles. The largest absolute Gasteiger partial charge is 0.334 e. The van der Waals surface area contributed by atoms with Gasteiger partial charge in [0, 0.05) is 5.75 Å². The zero-order chi connectivity index (χ0) is 15.1. The minimum Gasteiger partial charge on any atom is -0.334 e. The van der Waals surface area contributed by atoms with Gasteiger partial charge in [0.25, 0.3) is 22.2 Å². The highest BCUT2D eigenvalue weighted by Gasteiger charge is 2.17. The molecular formula is C13H10N2O5S. The molecule has 108 valence electrons. The van der Waals surface area contributed by atoms with Gasteiger partial charge in [-0.15, -0.1) is 0 Å². The lowest BCUT2D eigenvalue weighted by Crippen LogP contribution is -2.29. The summed E-state index contributed by atoms with van der Waals surface area (Å²) in [5, 5.41) is 0.340. The summed E-state index contributed by atoms with van der Waals surface area (Å²) >= 11 is 0.996. The van der Waals surface area contributed by atoms with Crippen molar-refractivity contribution < 1.29 is 4.28 Å². The normalized spacial score (nSPS) is 11.5. The molecule has 0 spiro atoms. The third-order valence-electron chi connectivity index (χ3n) is 3.12. The Hall–Kier alpha value is -2.35. The average molecular weight is 306 g/mol. The Morgan fingerprint density at radius 1 is 1.00 bits per heavy atom. The molecule has 1 N–H and O–H groups in total. The Morgan fingerprint density at radius 3 is 2.00 bits per heavy atom. The Balaban J connectivity index is 2.30. The second-order valence-corrected chi connectivity index (χ2v) is 5.32. The molecule has 2 heterocycles. The zero-order valence-electron chi connectivity index (χ0n) is 11.0. The van der Waals surface area contributed by atoms with E-state index in [2.05, 4.69) is 4.98 Å². The molecule has 1 aromatic carbocycles. The molecule has 3 aromatic rings. The fourth-order valence-electron chi connectivity index (χ4n) is 2.12. The Kier molecular flexibility index (Phi) is 3.17. The maximum atomic E-state index is 12.1. The van der Waals surface area contributed by atoms with Crippen molar-refractivity contribution in [3.63, 3.8) is 0 Å². The highest BCUT2D eigenvalue weighted by atomic mass is 32.2. The highest BCUT2D eigenvalue weighted by molar-refractivity contribution is 7.94. The smallest absolute Gasteiger partial charge is 0.296 e. The van der Waals surface area contributed by atoms with Crippen molar-refractivity contribution in [3.05, 3.63) is 53.5 Å². The molecule has 0 aliphatic heterocycles. The molecule has 21 heavy (non-hydrogen) atoms. The number of aromatic nitrogens is 2. The molecule has 0 radical (unpaired) electrons. The molecule has 8 heteroatoms. The van der Waals surface area contributed by atoms with Crippen molar-refractivity contribution in [3.8, 4) is 0 Å². The van der Waals surface area contributed by atoms with Gasteiger partial charge in [-0.3, -0.25) is 24.2 Å². The Morgan fingerprint density at radius 2 is 1.52 bits per heavy atom. The Labute approximate surface area is 121 Å². The number of H-pyrrole nitrogens is 1. The van der Waals surface area contributed by atoms with E-state index in [1.54, 1.807) is 0 Å². The second kappa shape index (κ2) is 4.88. The van der Waals surface area contributed by atoms with Gasteiger partial charge >= 0.3 is 0 Å². The topological polar surface area (TPSA) is 98.2 Å². The van der Waals surface area contributed by atoms with Crippen LogP contribution >= 0.6 is 12.0 Å². The monoisotopic (exact) mass is 306 g/mol. The van der Waals surface area contributed by atoms with Gasteiger partial charge in [-0.05, 0) is 18.6 Å². The van der Waals surface area contributed by atoms with Crippen LogP contribution in [0.3, 0.4) is 0 Å². The molecular weight excluding hydrogens is 296 g/mol. The van der Waals surface area contributed by atoms with Crippen LogP contribution in [0.25, 0.3) is 21.5 Å². The maximum Gasteiger partial charge on any atom is 0.296 e. The van der Waals surface area contributed by atoms with E-state index in [4.69, 9.17) is 4.28 Å². The van der Waals surface area contributed by atoms with Gasteiger partial charge in [0.1, 0.15) is 0 Å². The summed E-state index contributed by atoms with van der Waals surface area (Å²) in [6, 6.07) is 2.53. The zero-order valence-corrected chi connectivity index (χ0v) is 11.8. The molecule has 0 fully saturated rings. The van der Waals surface area contributed by atoms with Crippen molar-refractivity contribution >= 4 is 33.6 Å². The number of hydrogen-bond donors (Lipinski definition) is 1. The van der Waals surface area contributed by atoms with Gasteiger partial charge in [0.05, 0.1) is 33.6 Å². The van der Waals surface area contributed by atoms with Crippen LogP contribution in [0.15, 0.2) is 31.3 Å². The van der Waals surface area contributed by atoms with Crippen molar-refractivity contribution in [1.29, 1.82) is 0 Å². The first-order chi connectivity index (χ1) is 10.0. The predicted octanol–water partition coefficient (Wildman–Crippen LogP) is -0.0742. The second-order valence-electron chi connectivity index (χ2n) is 4.53. The molecule has 0 bridgehead atoms. The van der Waals surface area contributed by atoms with Gasteiger partial charge < -0.3 is 4.28 Å². The molecule has 0 atom stereocenters. The van der Waals surface area contributed by atoms with Crippen LogP contribution in [0.2, 0.25) is 0 Å². The number of aromatic amines is 1. The van der Waals surface area contributed by atoms with Gasteiger partial charge in [-0.1, -0.05) is 11.7 Å². The van der Waals surface area contributed by atoms with Gasteiger partial charge in [-0.2, -0.15) is 0 Å². The van der Waals surface area contributed by atoms with E-state index in [9.17, 15) is 19.2 Å². The van der Waals surface area contributed by atoms with E-state index < -0.39 is 22.2 Å². The predicted molar refractivity (Wildman–Crippen MR) is 80.6 cm³/mol. The van der Waals surface area contributed by atoms with Crippen molar-refractivity contribution in [2.45, 2.75) is 13.3 Å². The van der Waals surface area contributed by atoms with Crippen LogP contribution in [0.1, 0.15) is 13.3 Å². The van der Waals surface area contributed by atoms with Crippen molar-refractivity contribution in [2.75, 3.05) is 5.75 Å². The van der Waals surface area contributed by atoms with Crippen LogP contribution < -0.4 is 26.5 Å². The van der Waals surface area contributed by atoms with E-state index in [1.165, 1.54) is 12.1 Å². The molecule has 3 rings (SSSR count). The van der Waals surface area contributed by atoms with E-state index in [0.29, 0.717) is 10.5 Å². The molecule has 0 saturated heterocycles. The summed E-state index contributed by atoms with van der Waals surface area (Å²) in [4.78, 5) is 49.6. The standard InChI is InChI=1S/C13H10N2O5S/c1-2-3-21-20-15-12(18)8-4-6-7(5-9(8)13(15)19)11(17)14-10(6)16/h4-5H,2-3H2,1H3,(H,14,16,17). The molecule has 0 aliphatic rings. The molecule has 0 unspecified atom stereocenters. The summed E-state index contributed by atoms with van der Waals surface area (Å²) in [6.07, 6.45) is 0.830. The average Bonchev–Trinajstić information content (AvgIpc) is 2.87. The number of hydrogen-bond acceptors (Lipinski definition) is 6. The number of benzene rings is 1. The fraction of sp³-hybridized carbons (Fsp3) is 0.231. The third-order valence-corrected chi connectivity index (χ3v) is 3.95. The van der Waals surface area contributed by atoms with E-state index in [-0.39, 0.29) is 21.5 Å². The highest BCUT2D eigenvalue weighted by Crippen LogP contribution is 2.13. The van der Waals surface area contributed by atoms with Crippen LogP contribution in [0.4, 0.5) is 0 Å². The molecule has 0 amide bonds. The number of nitrogens with one attached hydrogen (secondary N) is 1. The first-order valence-corrected chi connectivity index (χ1v) is 7.17. The third kappa shape index (κ3) is 1.99. The minimum absolute atomic E-state index is 0.0701. The Bertz CT molecular complexity index is 963. The lowest BCUT2D eigenvalue weighted by Gasteiger charge is -1.99. The summed E-state index contributed by atoms with van der Waals surface area (Å²) in [7, 11) is 0. The van der Waals surface area contributed by atoms with Crippen LogP contribution in [-0.2, 0) is 0 Å². The maximum absolute atomic E-state index is 12.1. The van der Waals surface area contributed by atoms with Gasteiger partial charge in [-0.25, -0.2) is 0 Å². The van der Waals surface area contributed by atoms with Crippen molar-refractivity contribution in [2.24, 2.45) is 0 Å². The number of rotatable bonds is 4. The quantitative estimate of drug-likeness (QED) is 0.535. The molecule has 0 aliphatic carbocycles. The van der Waals surface area contributed by atoms with Crippen molar-refractivity contribution in [1.82, 2.24) is 9.71 Å². The van der Waals surface area contributed by atoms with Crippen LogP contribution in [0.5, 0.6) is 0 Å². The molecule has 2 aromatic heterocycles. The summed E-state index contributed by atoms with van der Waals surface area (Å²) < 4.78 is 5.76. The van der Waals surface area contributed by atoms with E-state index in [1.807, 2.05) is 6.92 Å². The number of nitrogens with zero attached hydrogens (tertiary/aromatic N) is 1. The van der Waals surface area contributed by atoms with E-state index in [0.717, 1.165) is 18.5 Å². The van der Waals surface area contributed by atoms with E-state index >= 15 is 0 Å². The fourth-order valence-corrected chi connectivity index (χ4v) is 2.60. The first kappa shape index (κ1) is 13.6. The SMILES string of the molecule is CCCSOn1c(=O)c2cc3c(=O)[nH]c(=O)c3cc2c1=O. The van der Waals surface area contributed by atoms with Gasteiger partial charge in [0.2, 0.25) is 0 Å². The lowest BCUT2D eigenvalue weighted by molar-refractivity contribution is 0.304. The summed E-state index contributed by atoms with van der Waals surface area (Å²) in [6.45, 7) is 1.94. The van der Waals surface area contributed by atoms with Crippen LogP contribution in [0, 0.1) is 0 Å². The van der Waals surface area contributed by atoms with Crippen LogP contribution in [-0.4, -0.2) is 15.5 Å². The summed E-state index contributed by atoms with van der Waals surface area (Å²) in [5.41, 5.74) is -2.40. The lowest BCUT2D eigenvalue weighted by atomic mass is 10.1. The number of fused-ring (bicyclic) bond motifs is 2.